The Morgan fingerprint density at radius 3 is 2.62 bits per heavy atom. The fraction of sp³-hybridized carbons (Fsp3) is 0.250. The molecule has 0 aliphatic heterocycles. The second-order valence-electron chi connectivity index (χ2n) is 4.95. The molecule has 2 aromatic rings. The molecule has 0 aliphatic carbocycles. The van der Waals surface area contributed by atoms with Crippen molar-refractivity contribution in [2.45, 2.75) is 11.8 Å². The molecule has 1 N–H and O–H groups in total. The van der Waals surface area contributed by atoms with Gasteiger partial charge in [-0.3, -0.25) is 0 Å². The third kappa shape index (κ3) is 4.59. The van der Waals surface area contributed by atoms with Gasteiger partial charge in [-0.15, -0.1) is 0 Å². The van der Waals surface area contributed by atoms with Crippen molar-refractivity contribution in [2.75, 3.05) is 20.3 Å². The van der Waals surface area contributed by atoms with Gasteiger partial charge in [0.1, 0.15) is 28.8 Å². The Bertz CT molecular complexity index is 827. The number of benzene rings is 2. The number of methoxy groups -OCH3 is 1. The fourth-order valence-electron chi connectivity index (χ4n) is 1.95. The largest absolute Gasteiger partial charge is 0.495 e. The summed E-state index contributed by atoms with van der Waals surface area (Å²) in [4.78, 5) is -0.261. The minimum atomic E-state index is -3.92. The molecular weight excluding hydrogens is 357 g/mol. The third-order valence-electron chi connectivity index (χ3n) is 3.22. The van der Waals surface area contributed by atoms with Crippen molar-refractivity contribution in [2.24, 2.45) is 0 Å². The van der Waals surface area contributed by atoms with Crippen molar-refractivity contribution >= 4 is 21.6 Å². The second-order valence-corrected chi connectivity index (χ2v) is 7.09. The lowest BCUT2D eigenvalue weighted by Gasteiger charge is -2.12. The van der Waals surface area contributed by atoms with E-state index in [0.29, 0.717) is 10.8 Å². The first-order valence-corrected chi connectivity index (χ1v) is 8.92. The molecule has 2 aromatic carbocycles. The highest BCUT2D eigenvalue weighted by Crippen LogP contribution is 2.24. The van der Waals surface area contributed by atoms with Crippen molar-refractivity contribution in [3.63, 3.8) is 0 Å². The van der Waals surface area contributed by atoms with Crippen molar-refractivity contribution in [3.05, 3.63) is 52.8 Å². The topological polar surface area (TPSA) is 64.6 Å². The molecule has 0 spiro atoms. The van der Waals surface area contributed by atoms with E-state index in [9.17, 15) is 12.8 Å². The average Bonchev–Trinajstić information content (AvgIpc) is 2.55. The van der Waals surface area contributed by atoms with Gasteiger partial charge in [0.15, 0.2) is 0 Å². The van der Waals surface area contributed by atoms with E-state index >= 15 is 0 Å². The monoisotopic (exact) mass is 373 g/mol. The number of nitrogens with one attached hydrogen (secondary N) is 1. The van der Waals surface area contributed by atoms with E-state index in [4.69, 9.17) is 21.1 Å². The summed E-state index contributed by atoms with van der Waals surface area (Å²) >= 11 is 5.99. The first-order valence-electron chi connectivity index (χ1n) is 7.05. The summed E-state index contributed by atoms with van der Waals surface area (Å²) in [7, 11) is -2.60. The Labute approximate surface area is 145 Å². The van der Waals surface area contributed by atoms with Gasteiger partial charge in [-0.1, -0.05) is 17.7 Å². The van der Waals surface area contributed by atoms with Crippen molar-refractivity contribution in [1.82, 2.24) is 4.72 Å². The molecular formula is C16H17ClFNO4S. The lowest BCUT2D eigenvalue weighted by Crippen LogP contribution is -2.28. The number of sulfonamides is 1. The van der Waals surface area contributed by atoms with Gasteiger partial charge in [0, 0.05) is 11.6 Å². The first-order chi connectivity index (χ1) is 11.3. The molecule has 0 bridgehead atoms. The van der Waals surface area contributed by atoms with Crippen LogP contribution >= 0.6 is 11.6 Å². The zero-order valence-electron chi connectivity index (χ0n) is 13.2. The van der Waals surface area contributed by atoms with Crippen LogP contribution in [0.3, 0.4) is 0 Å². The molecule has 8 heteroatoms. The summed E-state index contributed by atoms with van der Waals surface area (Å²) in [5.74, 6) is -0.0648. The van der Waals surface area contributed by atoms with Crippen LogP contribution in [0.25, 0.3) is 0 Å². The number of hydrogen-bond donors (Lipinski definition) is 1. The number of aryl methyl sites for hydroxylation is 1. The summed E-state index contributed by atoms with van der Waals surface area (Å²) in [6, 6.07) is 8.49. The van der Waals surface area contributed by atoms with Gasteiger partial charge >= 0.3 is 0 Å². The fourth-order valence-corrected chi connectivity index (χ4v) is 3.31. The highest BCUT2D eigenvalue weighted by atomic mass is 35.5. The lowest BCUT2D eigenvalue weighted by molar-refractivity contribution is 0.322. The molecule has 0 aliphatic rings. The maximum absolute atomic E-state index is 13.3. The van der Waals surface area contributed by atoms with Gasteiger partial charge in [0.25, 0.3) is 0 Å². The Hall–Kier alpha value is -1.83. The van der Waals surface area contributed by atoms with Crippen LogP contribution in [0.15, 0.2) is 41.3 Å². The van der Waals surface area contributed by atoms with Crippen LogP contribution in [0, 0.1) is 12.7 Å². The van der Waals surface area contributed by atoms with Crippen molar-refractivity contribution < 1.29 is 22.3 Å². The van der Waals surface area contributed by atoms with Crippen LogP contribution in [0.5, 0.6) is 11.5 Å². The normalized spacial score (nSPS) is 11.3. The van der Waals surface area contributed by atoms with E-state index in [-0.39, 0.29) is 23.8 Å². The number of ether oxygens (including phenoxy) is 2. The zero-order chi connectivity index (χ0) is 17.7. The Balaban J connectivity index is 1.98. The molecule has 0 saturated heterocycles. The molecule has 2 rings (SSSR count). The lowest BCUT2D eigenvalue weighted by atomic mass is 10.2. The maximum atomic E-state index is 13.3. The van der Waals surface area contributed by atoms with E-state index in [2.05, 4.69) is 4.72 Å². The minimum Gasteiger partial charge on any atom is -0.495 e. The van der Waals surface area contributed by atoms with Crippen LogP contribution in [0.4, 0.5) is 4.39 Å². The highest BCUT2D eigenvalue weighted by Gasteiger charge is 2.19. The summed E-state index contributed by atoms with van der Waals surface area (Å²) in [5, 5.41) is 0.567. The molecule has 0 heterocycles. The van der Waals surface area contributed by atoms with E-state index in [1.165, 1.54) is 13.2 Å². The zero-order valence-corrected chi connectivity index (χ0v) is 14.7. The van der Waals surface area contributed by atoms with E-state index < -0.39 is 15.8 Å². The molecule has 130 valence electrons. The summed E-state index contributed by atoms with van der Waals surface area (Å²) in [6.07, 6.45) is 0. The maximum Gasteiger partial charge on any atom is 0.244 e. The molecule has 24 heavy (non-hydrogen) atoms. The molecule has 0 aromatic heterocycles. The smallest absolute Gasteiger partial charge is 0.244 e. The molecule has 5 nitrogen and oxygen atoms in total. The van der Waals surface area contributed by atoms with Gasteiger partial charge in [0.2, 0.25) is 10.0 Å². The van der Waals surface area contributed by atoms with E-state index in [1.807, 2.05) is 6.92 Å². The Morgan fingerprint density at radius 2 is 1.96 bits per heavy atom. The number of hydrogen-bond acceptors (Lipinski definition) is 4. The molecule has 0 radical (unpaired) electrons. The predicted molar refractivity (Wildman–Crippen MR) is 89.8 cm³/mol. The average molecular weight is 374 g/mol. The first kappa shape index (κ1) is 18.5. The molecule has 0 fully saturated rings. The van der Waals surface area contributed by atoms with Crippen LogP contribution in [-0.4, -0.2) is 28.7 Å². The molecule has 0 unspecified atom stereocenters. The quantitative estimate of drug-likeness (QED) is 0.757. The van der Waals surface area contributed by atoms with Crippen LogP contribution in [0.2, 0.25) is 5.02 Å². The van der Waals surface area contributed by atoms with Crippen molar-refractivity contribution in [3.8, 4) is 11.5 Å². The summed E-state index contributed by atoms with van der Waals surface area (Å²) < 4.78 is 50.5. The van der Waals surface area contributed by atoms with Crippen LogP contribution in [-0.2, 0) is 10.0 Å². The van der Waals surface area contributed by atoms with Gasteiger partial charge in [-0.05, 0) is 42.8 Å². The minimum absolute atomic E-state index is 0.00744. The second kappa shape index (κ2) is 7.83. The van der Waals surface area contributed by atoms with Crippen LogP contribution < -0.4 is 14.2 Å². The number of halogens is 2. The Morgan fingerprint density at radius 1 is 1.21 bits per heavy atom. The molecule has 0 amide bonds. The van der Waals surface area contributed by atoms with Crippen molar-refractivity contribution in [1.29, 1.82) is 0 Å². The number of rotatable bonds is 7. The van der Waals surface area contributed by atoms with E-state index in [0.717, 1.165) is 17.7 Å². The van der Waals surface area contributed by atoms with Crippen LogP contribution in [0.1, 0.15) is 5.56 Å². The third-order valence-corrected chi connectivity index (χ3v) is 5.11. The van der Waals surface area contributed by atoms with Gasteiger partial charge in [-0.25, -0.2) is 17.5 Å². The van der Waals surface area contributed by atoms with Gasteiger partial charge in [0.05, 0.1) is 7.11 Å². The van der Waals surface area contributed by atoms with E-state index in [1.54, 1.807) is 18.2 Å². The Kier molecular flexibility index (Phi) is 6.04. The van der Waals surface area contributed by atoms with Gasteiger partial charge < -0.3 is 9.47 Å². The summed E-state index contributed by atoms with van der Waals surface area (Å²) in [5.41, 5.74) is 0.919. The van der Waals surface area contributed by atoms with Gasteiger partial charge in [-0.2, -0.15) is 0 Å². The summed E-state index contributed by atoms with van der Waals surface area (Å²) in [6.45, 7) is 1.97. The predicted octanol–water partition coefficient (Wildman–Crippen LogP) is 3.15. The standard InChI is InChI=1S/C16H17ClFNO4S/c1-11-3-5-13(10-14(11)17)23-8-7-19-24(20,21)16-9-12(18)4-6-15(16)22-2/h3-6,9-10,19H,7-8H2,1-2H3. The SMILES string of the molecule is COc1ccc(F)cc1S(=O)(=O)NCCOc1ccc(C)c(Cl)c1. The highest BCUT2D eigenvalue weighted by molar-refractivity contribution is 7.89. The molecule has 0 saturated carbocycles. The molecule has 0 atom stereocenters.